The Balaban J connectivity index is 1.23. The lowest BCUT2D eigenvalue weighted by Gasteiger charge is -2.58. The van der Waals surface area contributed by atoms with Crippen LogP contribution in [-0.2, 0) is 27.2 Å². The Labute approximate surface area is 167 Å². The van der Waals surface area contributed by atoms with E-state index in [4.69, 9.17) is 4.74 Å². The predicted octanol–water partition coefficient (Wildman–Crippen LogP) is 2.92. The molecule has 1 aromatic rings. The first-order valence-corrected chi connectivity index (χ1v) is 11.0. The number of hydrogen-bond donors (Lipinski definition) is 2. The zero-order valence-electron chi connectivity index (χ0n) is 15.8. The second-order valence-electron chi connectivity index (χ2n) is 9.26. The molecule has 5 aliphatic rings. The van der Waals surface area contributed by atoms with Crippen molar-refractivity contribution in [2.45, 2.75) is 63.4 Å². The number of fused-ring (bicyclic) bond motifs is 1. The minimum atomic E-state index is -0.732. The van der Waals surface area contributed by atoms with Crippen molar-refractivity contribution in [2.24, 2.45) is 17.3 Å². The lowest BCUT2D eigenvalue weighted by molar-refractivity contribution is -0.196. The van der Waals surface area contributed by atoms with Crippen LogP contribution in [0.5, 0.6) is 0 Å². The third-order valence-electron chi connectivity index (χ3n) is 7.08. The average Bonchev–Trinajstić information content (AvgIpc) is 3.18. The highest BCUT2D eigenvalue weighted by molar-refractivity contribution is 7.16. The monoisotopic (exact) mass is 400 g/mol. The summed E-state index contributed by atoms with van der Waals surface area (Å²) >= 11 is 1.45. The van der Waals surface area contributed by atoms with Crippen molar-refractivity contribution in [1.29, 1.82) is 5.26 Å². The van der Waals surface area contributed by atoms with Gasteiger partial charge in [0.05, 0.1) is 16.6 Å². The summed E-state index contributed by atoms with van der Waals surface area (Å²) in [6, 6.07) is 2.20. The van der Waals surface area contributed by atoms with Gasteiger partial charge in [-0.3, -0.25) is 9.59 Å². The lowest BCUT2D eigenvalue weighted by Crippen LogP contribution is -2.58. The number of nitriles is 1. The van der Waals surface area contributed by atoms with Gasteiger partial charge in [-0.25, -0.2) is 0 Å². The van der Waals surface area contributed by atoms with Crippen LogP contribution in [0.15, 0.2) is 0 Å². The summed E-state index contributed by atoms with van der Waals surface area (Å²) in [5.74, 6) is 0.0243. The molecule has 6 rings (SSSR count). The number of rotatable bonds is 4. The Morgan fingerprint density at radius 1 is 1.25 bits per heavy atom. The summed E-state index contributed by atoms with van der Waals surface area (Å²) in [5.41, 5.74) is 0.258. The van der Waals surface area contributed by atoms with Crippen molar-refractivity contribution in [1.82, 2.24) is 0 Å². The van der Waals surface area contributed by atoms with E-state index in [0.29, 0.717) is 28.8 Å². The Morgan fingerprint density at radius 3 is 2.68 bits per heavy atom. The van der Waals surface area contributed by atoms with Gasteiger partial charge in [-0.1, -0.05) is 0 Å². The van der Waals surface area contributed by atoms with Crippen LogP contribution in [0.25, 0.3) is 0 Å². The molecular formula is C21H24N2O4S. The Bertz CT molecular complexity index is 885. The first-order chi connectivity index (χ1) is 13.4. The van der Waals surface area contributed by atoms with Crippen LogP contribution in [0.1, 0.15) is 60.9 Å². The van der Waals surface area contributed by atoms with Crippen LogP contribution >= 0.6 is 11.3 Å². The van der Waals surface area contributed by atoms with Gasteiger partial charge in [0, 0.05) is 4.88 Å². The Kier molecular flexibility index (Phi) is 4.08. The van der Waals surface area contributed by atoms with Crippen LogP contribution < -0.4 is 5.32 Å². The molecule has 6 nitrogen and oxygen atoms in total. The minimum Gasteiger partial charge on any atom is -0.455 e. The van der Waals surface area contributed by atoms with Crippen molar-refractivity contribution < 1.29 is 19.4 Å². The second kappa shape index (κ2) is 6.30. The average molecular weight is 401 g/mol. The third kappa shape index (κ3) is 2.85. The first kappa shape index (κ1) is 18.1. The molecular weight excluding hydrogens is 376 g/mol. The summed E-state index contributed by atoms with van der Waals surface area (Å²) in [4.78, 5) is 26.4. The third-order valence-corrected chi connectivity index (χ3v) is 8.29. The highest BCUT2D eigenvalue weighted by Crippen LogP contribution is 2.62. The van der Waals surface area contributed by atoms with Gasteiger partial charge < -0.3 is 15.2 Å². The molecule has 4 saturated carbocycles. The molecule has 148 valence electrons. The summed E-state index contributed by atoms with van der Waals surface area (Å²) in [5, 5.41) is 23.5. The van der Waals surface area contributed by atoms with Crippen LogP contribution in [0.4, 0.5) is 5.00 Å². The van der Waals surface area contributed by atoms with Crippen molar-refractivity contribution in [3.05, 3.63) is 16.0 Å². The van der Waals surface area contributed by atoms with Crippen molar-refractivity contribution in [3.63, 3.8) is 0 Å². The Hall–Kier alpha value is -1.91. The standard InChI is InChI=1S/C21H24N2O4S/c22-9-15-14-2-1-3-16(14)28-18(15)23-17(24)10-27-19(25)20-5-12-4-13(6-20)8-21(26,7-12)11-20/h12-13,26H,1-8,10-11H2,(H,23,24)/t12-,13+,20?,21?. The van der Waals surface area contributed by atoms with Crippen LogP contribution in [0, 0.1) is 28.6 Å². The van der Waals surface area contributed by atoms with Crippen molar-refractivity contribution in [2.75, 3.05) is 11.9 Å². The normalized spacial score (nSPS) is 34.7. The summed E-state index contributed by atoms with van der Waals surface area (Å²) < 4.78 is 5.42. The van der Waals surface area contributed by atoms with Gasteiger partial charge in [0.15, 0.2) is 6.61 Å². The molecule has 1 amide bonds. The summed E-state index contributed by atoms with van der Waals surface area (Å²) in [6.07, 6.45) is 7.56. The van der Waals surface area contributed by atoms with E-state index in [0.717, 1.165) is 56.9 Å². The number of aliphatic hydroxyl groups is 1. The van der Waals surface area contributed by atoms with Gasteiger partial charge in [-0.2, -0.15) is 5.26 Å². The number of nitrogens with one attached hydrogen (secondary N) is 1. The molecule has 0 saturated heterocycles. The number of nitrogens with zero attached hydrogens (tertiary/aromatic N) is 1. The van der Waals surface area contributed by atoms with Gasteiger partial charge in [-0.05, 0) is 75.2 Å². The number of hydrogen-bond acceptors (Lipinski definition) is 6. The number of carbonyl (C=O) groups excluding carboxylic acids is 2. The molecule has 2 unspecified atom stereocenters. The highest BCUT2D eigenvalue weighted by Gasteiger charge is 2.60. The van der Waals surface area contributed by atoms with Gasteiger partial charge in [-0.15, -0.1) is 11.3 Å². The largest absolute Gasteiger partial charge is 0.455 e. The second-order valence-corrected chi connectivity index (χ2v) is 10.4. The topological polar surface area (TPSA) is 99.4 Å². The Morgan fingerprint density at radius 2 is 2.00 bits per heavy atom. The van der Waals surface area contributed by atoms with E-state index in [1.54, 1.807) is 0 Å². The molecule has 4 bridgehead atoms. The number of esters is 1. The zero-order chi connectivity index (χ0) is 19.5. The van der Waals surface area contributed by atoms with E-state index in [-0.39, 0.29) is 12.6 Å². The van der Waals surface area contributed by atoms with Crippen LogP contribution in [0.2, 0.25) is 0 Å². The highest BCUT2D eigenvalue weighted by atomic mass is 32.1. The maximum Gasteiger partial charge on any atom is 0.312 e. The van der Waals surface area contributed by atoms with E-state index < -0.39 is 16.9 Å². The maximum absolute atomic E-state index is 12.9. The zero-order valence-corrected chi connectivity index (χ0v) is 16.6. The van der Waals surface area contributed by atoms with E-state index in [1.165, 1.54) is 16.2 Å². The molecule has 1 aromatic heterocycles. The van der Waals surface area contributed by atoms with Crippen molar-refractivity contribution in [3.8, 4) is 6.07 Å². The molecule has 1 heterocycles. The van der Waals surface area contributed by atoms with Crippen molar-refractivity contribution >= 4 is 28.2 Å². The quantitative estimate of drug-likeness (QED) is 0.757. The van der Waals surface area contributed by atoms with E-state index in [2.05, 4.69) is 11.4 Å². The predicted molar refractivity (Wildman–Crippen MR) is 103 cm³/mol. The van der Waals surface area contributed by atoms with E-state index in [9.17, 15) is 20.0 Å². The molecule has 4 atom stereocenters. The number of thiophene rings is 1. The SMILES string of the molecule is N#Cc1c(NC(=O)COC(=O)C23C[C@@H]4C[C@@H](CC(O)(C4)C2)C3)sc2c1CCC2. The molecule has 7 heteroatoms. The van der Waals surface area contributed by atoms with Crippen LogP contribution in [0.3, 0.4) is 0 Å². The molecule has 2 N–H and O–H groups in total. The number of ether oxygens (including phenoxy) is 1. The fraction of sp³-hybridized carbons (Fsp3) is 0.667. The summed E-state index contributed by atoms with van der Waals surface area (Å²) in [6.45, 7) is -0.345. The molecule has 0 spiro atoms. The van der Waals surface area contributed by atoms with E-state index >= 15 is 0 Å². The molecule has 0 radical (unpaired) electrons. The first-order valence-electron chi connectivity index (χ1n) is 10.1. The minimum absolute atomic E-state index is 0.343. The molecule has 5 aliphatic carbocycles. The molecule has 0 aromatic carbocycles. The number of amides is 1. The number of carbonyl (C=O) groups is 2. The summed E-state index contributed by atoms with van der Waals surface area (Å²) in [7, 11) is 0. The van der Waals surface area contributed by atoms with Crippen LogP contribution in [-0.4, -0.2) is 29.2 Å². The number of aryl methyl sites for hydroxylation is 1. The fourth-order valence-corrected chi connectivity index (χ4v) is 7.77. The van der Waals surface area contributed by atoms with Gasteiger partial charge >= 0.3 is 5.97 Å². The maximum atomic E-state index is 12.9. The molecule has 0 aliphatic heterocycles. The molecule has 28 heavy (non-hydrogen) atoms. The van der Waals surface area contributed by atoms with Gasteiger partial charge in [0.1, 0.15) is 11.1 Å². The lowest BCUT2D eigenvalue weighted by atomic mass is 9.48. The molecule has 4 fully saturated rings. The van der Waals surface area contributed by atoms with E-state index in [1.807, 2.05) is 0 Å². The fourth-order valence-electron chi connectivity index (χ4n) is 6.51. The smallest absolute Gasteiger partial charge is 0.312 e. The van der Waals surface area contributed by atoms with Gasteiger partial charge in [0.25, 0.3) is 5.91 Å². The van der Waals surface area contributed by atoms with Gasteiger partial charge in [0.2, 0.25) is 0 Å². The number of anilines is 1.